The van der Waals surface area contributed by atoms with Gasteiger partial charge in [0.05, 0.1) is 18.0 Å². The lowest BCUT2D eigenvalue weighted by atomic mass is 9.97. The Morgan fingerprint density at radius 1 is 1.13 bits per heavy atom. The van der Waals surface area contributed by atoms with Crippen molar-refractivity contribution in [2.75, 3.05) is 16.5 Å². The Hall–Kier alpha value is -2.90. The maximum absolute atomic E-state index is 13.4. The van der Waals surface area contributed by atoms with Crippen molar-refractivity contribution < 1.29 is 19.1 Å². The molecule has 2 heterocycles. The van der Waals surface area contributed by atoms with Gasteiger partial charge in [0.1, 0.15) is 12.0 Å². The molecule has 154 valence electrons. The lowest BCUT2D eigenvalue weighted by molar-refractivity contribution is -0.136. The predicted octanol–water partition coefficient (Wildman–Crippen LogP) is 3.60. The first-order valence-corrected chi connectivity index (χ1v) is 10.0. The van der Waals surface area contributed by atoms with Crippen molar-refractivity contribution in [3.8, 4) is 0 Å². The zero-order chi connectivity index (χ0) is 21.6. The van der Waals surface area contributed by atoms with Crippen LogP contribution in [0, 0.1) is 12.8 Å². The number of rotatable bonds is 4. The topological polar surface area (TPSA) is 79.3 Å². The van der Waals surface area contributed by atoms with E-state index >= 15 is 0 Å². The van der Waals surface area contributed by atoms with E-state index in [0.717, 1.165) is 4.90 Å². The molecule has 2 aliphatic heterocycles. The highest BCUT2D eigenvalue weighted by Gasteiger charge is 2.59. The van der Waals surface area contributed by atoms with Gasteiger partial charge in [-0.25, -0.2) is 9.69 Å². The molecule has 1 saturated heterocycles. The van der Waals surface area contributed by atoms with Crippen LogP contribution < -0.4 is 9.91 Å². The summed E-state index contributed by atoms with van der Waals surface area (Å²) in [7, 11) is 0. The number of benzene rings is 2. The molecule has 9 heteroatoms. The highest BCUT2D eigenvalue weighted by Crippen LogP contribution is 2.40. The summed E-state index contributed by atoms with van der Waals surface area (Å²) in [6.07, 6.45) is 0. The van der Waals surface area contributed by atoms with E-state index in [1.165, 1.54) is 5.01 Å². The summed E-state index contributed by atoms with van der Waals surface area (Å²) >= 11 is 12.3. The largest absolute Gasteiger partial charge is 0.461 e. The molecule has 0 N–H and O–H groups in total. The summed E-state index contributed by atoms with van der Waals surface area (Å²) in [5.74, 6) is -2.87. The fraction of sp³-hybridized carbons (Fsp3) is 0.238. The fourth-order valence-corrected chi connectivity index (χ4v) is 4.05. The molecule has 0 aromatic heterocycles. The summed E-state index contributed by atoms with van der Waals surface area (Å²) in [4.78, 5) is 40.4. The van der Waals surface area contributed by atoms with Crippen molar-refractivity contribution in [3.63, 3.8) is 0 Å². The summed E-state index contributed by atoms with van der Waals surface area (Å²) in [6, 6.07) is 10.6. The second kappa shape index (κ2) is 7.74. The number of imide groups is 1. The third kappa shape index (κ3) is 3.14. The maximum Gasteiger partial charge on any atom is 0.355 e. The third-order valence-corrected chi connectivity index (χ3v) is 5.73. The monoisotopic (exact) mass is 445 g/mol. The molecule has 0 spiro atoms. The molecular weight excluding hydrogens is 429 g/mol. The zero-order valence-corrected chi connectivity index (χ0v) is 17.6. The van der Waals surface area contributed by atoms with E-state index in [1.54, 1.807) is 56.3 Å². The summed E-state index contributed by atoms with van der Waals surface area (Å²) < 4.78 is 5.08. The number of carbonyl (C=O) groups is 3. The molecule has 0 unspecified atom stereocenters. The van der Waals surface area contributed by atoms with Gasteiger partial charge in [0.25, 0.3) is 5.91 Å². The van der Waals surface area contributed by atoms with Gasteiger partial charge in [-0.3, -0.25) is 14.6 Å². The van der Waals surface area contributed by atoms with E-state index in [1.807, 2.05) is 0 Å². The zero-order valence-electron chi connectivity index (χ0n) is 16.1. The van der Waals surface area contributed by atoms with Gasteiger partial charge in [-0.2, -0.15) is 5.10 Å². The van der Waals surface area contributed by atoms with E-state index in [-0.39, 0.29) is 12.3 Å². The number of carbonyl (C=O) groups excluding carboxylic acids is 3. The number of hydrogen-bond acceptors (Lipinski definition) is 6. The molecule has 2 aromatic carbocycles. The number of anilines is 2. The van der Waals surface area contributed by atoms with Gasteiger partial charge in [0.2, 0.25) is 5.91 Å². The lowest BCUT2D eigenvalue weighted by Gasteiger charge is -2.23. The Balaban J connectivity index is 1.83. The number of esters is 1. The van der Waals surface area contributed by atoms with E-state index in [4.69, 9.17) is 27.9 Å². The summed E-state index contributed by atoms with van der Waals surface area (Å²) in [5.41, 5.74) is 1.34. The number of amides is 2. The number of halogens is 2. The van der Waals surface area contributed by atoms with Crippen LogP contribution in [0.15, 0.2) is 47.6 Å². The normalized spacial score (nSPS) is 20.5. The minimum absolute atomic E-state index is 0.109. The molecule has 0 bridgehead atoms. The van der Waals surface area contributed by atoms with Crippen LogP contribution in [0.1, 0.15) is 12.5 Å². The molecule has 2 aromatic rings. The van der Waals surface area contributed by atoms with Crippen LogP contribution >= 0.6 is 23.2 Å². The van der Waals surface area contributed by atoms with E-state index < -0.39 is 29.7 Å². The number of hydrazone groups is 1. The molecule has 0 radical (unpaired) electrons. The van der Waals surface area contributed by atoms with Gasteiger partial charge in [-0.05, 0) is 49.7 Å². The molecular formula is C21H17Cl2N3O4. The predicted molar refractivity (Wildman–Crippen MR) is 114 cm³/mol. The molecule has 1 fully saturated rings. The molecule has 4 rings (SSSR count). The minimum atomic E-state index is -1.09. The van der Waals surface area contributed by atoms with Crippen molar-refractivity contribution in [2.24, 2.45) is 11.0 Å². The van der Waals surface area contributed by atoms with Crippen molar-refractivity contribution in [1.82, 2.24) is 0 Å². The SMILES string of the molecule is CCOC(=O)C1=NN(c2cccc(Cl)c2)[C@H]2C(=O)N(c3cccc(Cl)c3C)C(=O)[C@H]12. The number of ether oxygens (including phenoxy) is 1. The Morgan fingerprint density at radius 2 is 1.87 bits per heavy atom. The van der Waals surface area contributed by atoms with E-state index in [2.05, 4.69) is 5.10 Å². The van der Waals surface area contributed by atoms with Crippen LogP contribution in [0.5, 0.6) is 0 Å². The molecule has 2 amide bonds. The van der Waals surface area contributed by atoms with Crippen LogP contribution in [0.25, 0.3) is 0 Å². The number of hydrogen-bond donors (Lipinski definition) is 0. The third-order valence-electron chi connectivity index (χ3n) is 5.09. The Morgan fingerprint density at radius 3 is 2.57 bits per heavy atom. The Labute approximate surface area is 182 Å². The van der Waals surface area contributed by atoms with Crippen molar-refractivity contribution in [3.05, 3.63) is 58.1 Å². The summed E-state index contributed by atoms with van der Waals surface area (Å²) in [5, 5.41) is 6.52. The van der Waals surface area contributed by atoms with Gasteiger partial charge in [-0.15, -0.1) is 0 Å². The molecule has 2 atom stereocenters. The highest BCUT2D eigenvalue weighted by molar-refractivity contribution is 6.47. The molecule has 0 saturated carbocycles. The van der Waals surface area contributed by atoms with Gasteiger partial charge < -0.3 is 4.74 Å². The van der Waals surface area contributed by atoms with Gasteiger partial charge >= 0.3 is 5.97 Å². The average molecular weight is 446 g/mol. The number of nitrogens with zero attached hydrogens (tertiary/aromatic N) is 3. The minimum Gasteiger partial charge on any atom is -0.461 e. The smallest absolute Gasteiger partial charge is 0.355 e. The average Bonchev–Trinajstić information content (AvgIpc) is 3.22. The molecule has 2 aliphatic rings. The second-order valence-corrected chi connectivity index (χ2v) is 7.69. The van der Waals surface area contributed by atoms with E-state index in [9.17, 15) is 14.4 Å². The first-order chi connectivity index (χ1) is 14.3. The van der Waals surface area contributed by atoms with Gasteiger partial charge in [0, 0.05) is 10.0 Å². The molecule has 30 heavy (non-hydrogen) atoms. The first-order valence-electron chi connectivity index (χ1n) is 9.28. The molecule has 0 aliphatic carbocycles. The van der Waals surface area contributed by atoms with Gasteiger partial charge in [0.15, 0.2) is 5.71 Å². The first kappa shape index (κ1) is 20.4. The van der Waals surface area contributed by atoms with E-state index in [0.29, 0.717) is 27.0 Å². The van der Waals surface area contributed by atoms with Crippen molar-refractivity contribution >= 4 is 58.1 Å². The fourth-order valence-electron chi connectivity index (χ4n) is 3.70. The second-order valence-electron chi connectivity index (χ2n) is 6.85. The van der Waals surface area contributed by atoms with Crippen LogP contribution in [-0.4, -0.2) is 36.1 Å². The standard InChI is InChI=1S/C21H17Cl2N3O4/c1-3-30-21(29)17-16-18(26(24-17)13-7-4-6-12(22)10-13)20(28)25(19(16)27)15-9-5-8-14(23)11(15)2/h4-10,16,18H,3H2,1-2H3/t16-,18-/m1/s1. The van der Waals surface area contributed by atoms with Crippen LogP contribution in [0.4, 0.5) is 11.4 Å². The molecule has 7 nitrogen and oxygen atoms in total. The quantitative estimate of drug-likeness (QED) is 0.530. The lowest BCUT2D eigenvalue weighted by Crippen LogP contribution is -2.39. The number of fused-ring (bicyclic) bond motifs is 1. The van der Waals surface area contributed by atoms with Gasteiger partial charge in [-0.1, -0.05) is 35.3 Å². The Kier molecular flexibility index (Phi) is 5.26. The Bertz CT molecular complexity index is 1100. The highest BCUT2D eigenvalue weighted by atomic mass is 35.5. The maximum atomic E-state index is 13.4. The van der Waals surface area contributed by atoms with Crippen LogP contribution in [0.3, 0.4) is 0 Å². The summed E-state index contributed by atoms with van der Waals surface area (Å²) in [6.45, 7) is 3.50. The van der Waals surface area contributed by atoms with Crippen molar-refractivity contribution in [1.29, 1.82) is 0 Å². The van der Waals surface area contributed by atoms with Crippen molar-refractivity contribution in [2.45, 2.75) is 19.9 Å². The van der Waals surface area contributed by atoms with Crippen LogP contribution in [-0.2, 0) is 19.1 Å². The van der Waals surface area contributed by atoms with Crippen LogP contribution in [0.2, 0.25) is 10.0 Å².